The number of aryl methyl sites for hydroxylation is 2. The van der Waals surface area contributed by atoms with Crippen molar-refractivity contribution in [3.63, 3.8) is 0 Å². The Morgan fingerprint density at radius 2 is 1.67 bits per heavy atom. The molecule has 2 heterocycles. The van der Waals surface area contributed by atoms with Crippen molar-refractivity contribution >= 4 is 40.9 Å². The van der Waals surface area contributed by atoms with Crippen LogP contribution in [0.4, 0.5) is 11.6 Å². The van der Waals surface area contributed by atoms with Crippen LogP contribution in [-0.4, -0.2) is 20.7 Å². The Bertz CT molecular complexity index is 1920. The Labute approximate surface area is 272 Å². The van der Waals surface area contributed by atoms with E-state index in [9.17, 15) is 4.79 Å². The van der Waals surface area contributed by atoms with E-state index in [1.54, 1.807) is 4.68 Å². The summed E-state index contributed by atoms with van der Waals surface area (Å²) in [5.41, 5.74) is 8.31. The first-order valence-electron chi connectivity index (χ1n) is 14.7. The molecule has 4 aromatic carbocycles. The summed E-state index contributed by atoms with van der Waals surface area (Å²) < 4.78 is 8.04. The summed E-state index contributed by atoms with van der Waals surface area (Å²) in [5.74, 6) is 1.67. The average Bonchev–Trinajstić information content (AvgIpc) is 3.44. The molecule has 228 valence electrons. The van der Waals surface area contributed by atoms with Gasteiger partial charge in [-0.15, -0.1) is 5.10 Å². The van der Waals surface area contributed by atoms with Crippen molar-refractivity contribution in [1.82, 2.24) is 14.8 Å². The van der Waals surface area contributed by atoms with Crippen LogP contribution in [0, 0.1) is 20.8 Å². The lowest BCUT2D eigenvalue weighted by Gasteiger charge is -2.29. The molecule has 0 aliphatic carbocycles. The molecule has 0 saturated carbocycles. The molecule has 9 heteroatoms. The molecule has 1 aliphatic rings. The standard InChI is InChI=1S/C36H34ClN5O2S/c1-22-12-9-18-31(24(22)3)39-34(43)32-25(4)38-35-40-36(45-21-28-14-7-8-17-30(28)37)41-42(35)33(32)26-15-10-16-29(19-26)44-20-27-13-6-5-11-23(27)2/h5-19,33H,20-21H2,1-4H3,(H,39,43)(H,38,40,41). The van der Waals surface area contributed by atoms with Gasteiger partial charge in [0.25, 0.3) is 5.91 Å². The molecule has 0 fully saturated rings. The van der Waals surface area contributed by atoms with Gasteiger partial charge < -0.3 is 15.4 Å². The Hall–Kier alpha value is -4.53. The van der Waals surface area contributed by atoms with E-state index in [1.165, 1.54) is 17.3 Å². The number of carbonyl (C=O) groups is 1. The minimum atomic E-state index is -0.546. The first-order chi connectivity index (χ1) is 21.8. The molecule has 0 spiro atoms. The molecule has 6 rings (SSSR count). The maximum Gasteiger partial charge on any atom is 0.255 e. The lowest BCUT2D eigenvalue weighted by Crippen LogP contribution is -2.31. The van der Waals surface area contributed by atoms with Gasteiger partial charge in [0.1, 0.15) is 18.4 Å². The van der Waals surface area contributed by atoms with Gasteiger partial charge in [-0.05, 0) is 85.3 Å². The summed E-state index contributed by atoms with van der Waals surface area (Å²) in [6.07, 6.45) is 0. The van der Waals surface area contributed by atoms with Crippen molar-refractivity contribution in [2.75, 3.05) is 10.6 Å². The number of nitrogens with zero attached hydrogens (tertiary/aromatic N) is 3. The number of carbonyl (C=O) groups excluding carboxylic acids is 1. The molecule has 1 aromatic heterocycles. The summed E-state index contributed by atoms with van der Waals surface area (Å²) in [5, 5.41) is 12.7. The molecule has 0 bridgehead atoms. The van der Waals surface area contributed by atoms with E-state index < -0.39 is 6.04 Å². The van der Waals surface area contributed by atoms with Gasteiger partial charge in [-0.25, -0.2) is 4.68 Å². The third-order valence-corrected chi connectivity index (χ3v) is 9.33. The maximum absolute atomic E-state index is 14.1. The van der Waals surface area contributed by atoms with Gasteiger partial charge in [-0.2, -0.15) is 4.98 Å². The number of amides is 1. The average molecular weight is 636 g/mol. The normalized spacial score (nSPS) is 14.1. The molecule has 1 atom stereocenters. The number of thioether (sulfide) groups is 1. The topological polar surface area (TPSA) is 81.1 Å². The van der Waals surface area contributed by atoms with Crippen LogP contribution in [0.15, 0.2) is 107 Å². The molecular weight excluding hydrogens is 602 g/mol. The van der Waals surface area contributed by atoms with Gasteiger partial charge in [0.05, 0.1) is 5.57 Å². The number of fused-ring (bicyclic) bond motifs is 1. The third-order valence-electron chi connectivity index (χ3n) is 8.07. The summed E-state index contributed by atoms with van der Waals surface area (Å²) in [7, 11) is 0. The number of benzene rings is 4. The quantitative estimate of drug-likeness (QED) is 0.158. The summed E-state index contributed by atoms with van der Waals surface area (Å²) in [6.45, 7) is 8.46. The monoisotopic (exact) mass is 635 g/mol. The van der Waals surface area contributed by atoms with Crippen molar-refractivity contribution in [3.8, 4) is 5.75 Å². The van der Waals surface area contributed by atoms with E-state index >= 15 is 0 Å². The molecule has 7 nitrogen and oxygen atoms in total. The minimum absolute atomic E-state index is 0.212. The van der Waals surface area contributed by atoms with E-state index in [0.29, 0.717) is 45.5 Å². The van der Waals surface area contributed by atoms with Gasteiger partial charge in [0.15, 0.2) is 0 Å². The van der Waals surface area contributed by atoms with Gasteiger partial charge in [0, 0.05) is 22.2 Å². The van der Waals surface area contributed by atoms with E-state index in [-0.39, 0.29) is 5.91 Å². The Kier molecular flexibility index (Phi) is 8.96. The third kappa shape index (κ3) is 6.62. The van der Waals surface area contributed by atoms with E-state index in [4.69, 9.17) is 26.4 Å². The van der Waals surface area contributed by atoms with E-state index in [2.05, 4.69) is 29.7 Å². The highest BCUT2D eigenvalue weighted by Gasteiger charge is 2.35. The van der Waals surface area contributed by atoms with Crippen LogP contribution in [-0.2, 0) is 17.2 Å². The summed E-state index contributed by atoms with van der Waals surface area (Å²) in [6, 6.07) is 29.1. The van der Waals surface area contributed by atoms with Gasteiger partial charge in [-0.1, -0.05) is 90.1 Å². The Morgan fingerprint density at radius 3 is 2.47 bits per heavy atom. The Morgan fingerprint density at radius 1 is 0.933 bits per heavy atom. The first kappa shape index (κ1) is 30.5. The highest BCUT2D eigenvalue weighted by molar-refractivity contribution is 7.98. The van der Waals surface area contributed by atoms with Crippen LogP contribution < -0.4 is 15.4 Å². The van der Waals surface area contributed by atoms with Crippen LogP contribution in [0.25, 0.3) is 0 Å². The molecule has 1 amide bonds. The van der Waals surface area contributed by atoms with Gasteiger partial charge in [0.2, 0.25) is 11.1 Å². The van der Waals surface area contributed by atoms with Crippen molar-refractivity contribution in [2.45, 2.75) is 51.3 Å². The minimum Gasteiger partial charge on any atom is -0.489 e. The predicted octanol–water partition coefficient (Wildman–Crippen LogP) is 8.66. The molecule has 5 aromatic rings. The SMILES string of the molecule is CC1=C(C(=O)Nc2cccc(C)c2C)C(c2cccc(OCc3ccccc3C)c2)n2nc(SCc3ccccc3Cl)nc2N1. The second kappa shape index (κ2) is 13.2. The number of nitrogens with one attached hydrogen (secondary N) is 2. The number of ether oxygens (including phenoxy) is 1. The van der Waals surface area contributed by atoms with Crippen LogP contribution in [0.2, 0.25) is 5.02 Å². The molecule has 1 unspecified atom stereocenters. The summed E-state index contributed by atoms with van der Waals surface area (Å²) in [4.78, 5) is 18.9. The van der Waals surface area contributed by atoms with E-state index in [0.717, 1.165) is 33.5 Å². The number of rotatable bonds is 9. The predicted molar refractivity (Wildman–Crippen MR) is 182 cm³/mol. The molecule has 45 heavy (non-hydrogen) atoms. The lowest BCUT2D eigenvalue weighted by molar-refractivity contribution is -0.113. The van der Waals surface area contributed by atoms with Crippen molar-refractivity contribution < 1.29 is 9.53 Å². The van der Waals surface area contributed by atoms with Crippen molar-refractivity contribution in [2.24, 2.45) is 0 Å². The van der Waals surface area contributed by atoms with Crippen molar-refractivity contribution in [1.29, 1.82) is 0 Å². The van der Waals surface area contributed by atoms with Crippen LogP contribution in [0.3, 0.4) is 0 Å². The fraction of sp³-hybridized carbons (Fsp3) is 0.194. The number of anilines is 2. The second-order valence-corrected chi connectivity index (χ2v) is 12.4. The Balaban J connectivity index is 1.35. The van der Waals surface area contributed by atoms with E-state index in [1.807, 2.05) is 99.6 Å². The molecule has 1 aliphatic heterocycles. The molecule has 0 saturated heterocycles. The highest BCUT2D eigenvalue weighted by Crippen LogP contribution is 2.38. The number of allylic oxidation sites excluding steroid dienone is 1. The molecule has 0 radical (unpaired) electrons. The number of hydrogen-bond donors (Lipinski definition) is 2. The van der Waals surface area contributed by atoms with Gasteiger partial charge >= 0.3 is 0 Å². The molecule has 2 N–H and O–H groups in total. The smallest absolute Gasteiger partial charge is 0.255 e. The lowest BCUT2D eigenvalue weighted by atomic mass is 9.94. The van der Waals surface area contributed by atoms with Crippen molar-refractivity contribution in [3.05, 3.63) is 141 Å². The maximum atomic E-state index is 14.1. The summed E-state index contributed by atoms with van der Waals surface area (Å²) >= 11 is 7.90. The highest BCUT2D eigenvalue weighted by atomic mass is 35.5. The fourth-order valence-corrected chi connectivity index (χ4v) is 6.45. The largest absolute Gasteiger partial charge is 0.489 e. The number of aromatic nitrogens is 3. The van der Waals surface area contributed by atoms with Crippen LogP contribution in [0.5, 0.6) is 5.75 Å². The van der Waals surface area contributed by atoms with Crippen LogP contribution in [0.1, 0.15) is 46.3 Å². The molecular formula is C36H34ClN5O2S. The van der Waals surface area contributed by atoms with Crippen LogP contribution >= 0.6 is 23.4 Å². The first-order valence-corrected chi connectivity index (χ1v) is 16.1. The zero-order valence-electron chi connectivity index (χ0n) is 25.6. The second-order valence-electron chi connectivity index (χ2n) is 11.1. The number of hydrogen-bond acceptors (Lipinski definition) is 6. The van der Waals surface area contributed by atoms with Gasteiger partial charge in [-0.3, -0.25) is 4.79 Å². The fourth-order valence-electron chi connectivity index (χ4n) is 5.34. The zero-order chi connectivity index (χ0) is 31.5. The zero-order valence-corrected chi connectivity index (χ0v) is 27.2. The number of halogens is 1.